The second kappa shape index (κ2) is 4.74. The van der Waals surface area contributed by atoms with Crippen molar-refractivity contribution >= 4 is 17.4 Å². The maximum atomic E-state index is 11.4. The van der Waals surface area contributed by atoms with Crippen LogP contribution in [0.1, 0.15) is 5.56 Å². The van der Waals surface area contributed by atoms with Crippen molar-refractivity contribution in [3.8, 4) is 16.9 Å². The molecule has 0 saturated heterocycles. The molecule has 0 radical (unpaired) electrons. The zero-order valence-electron chi connectivity index (χ0n) is 10.1. The molecule has 18 heavy (non-hydrogen) atoms. The molecule has 1 aromatic heterocycles. The summed E-state index contributed by atoms with van der Waals surface area (Å²) in [6, 6.07) is 6.78. The molecule has 0 unspecified atom stereocenters. The molecule has 2 aromatic rings. The number of nitrogens with one attached hydrogen (secondary N) is 1. The standard InChI is InChI=1S/C13H13ClN2O2/c1-7-3-11(18-2)10(14)6-9(7)8-4-12(15)16-13(17)5-8/h3-6H,1-2H3,(H3,15,16,17). The average Bonchev–Trinajstić information content (AvgIpc) is 2.30. The van der Waals surface area contributed by atoms with Crippen molar-refractivity contribution in [2.75, 3.05) is 12.8 Å². The van der Waals surface area contributed by atoms with Crippen molar-refractivity contribution in [1.29, 1.82) is 0 Å². The van der Waals surface area contributed by atoms with Gasteiger partial charge in [-0.1, -0.05) is 11.6 Å². The number of ether oxygens (including phenoxy) is 1. The summed E-state index contributed by atoms with van der Waals surface area (Å²) in [7, 11) is 1.56. The molecule has 0 amide bonds. The largest absolute Gasteiger partial charge is 0.495 e. The van der Waals surface area contributed by atoms with E-state index in [0.29, 0.717) is 16.6 Å². The van der Waals surface area contributed by atoms with Gasteiger partial charge in [0.25, 0.3) is 0 Å². The van der Waals surface area contributed by atoms with Crippen molar-refractivity contribution in [2.24, 2.45) is 0 Å². The van der Waals surface area contributed by atoms with Gasteiger partial charge in [0, 0.05) is 6.07 Å². The van der Waals surface area contributed by atoms with Gasteiger partial charge in [-0.05, 0) is 41.8 Å². The van der Waals surface area contributed by atoms with Crippen molar-refractivity contribution in [2.45, 2.75) is 6.92 Å². The summed E-state index contributed by atoms with van der Waals surface area (Å²) in [6.07, 6.45) is 0. The highest BCUT2D eigenvalue weighted by atomic mass is 35.5. The van der Waals surface area contributed by atoms with Gasteiger partial charge in [0.05, 0.1) is 12.1 Å². The van der Waals surface area contributed by atoms with Gasteiger partial charge in [-0.15, -0.1) is 0 Å². The summed E-state index contributed by atoms with van der Waals surface area (Å²) in [5, 5.41) is 0.497. The molecule has 0 fully saturated rings. The average molecular weight is 265 g/mol. The first-order valence-electron chi connectivity index (χ1n) is 5.35. The minimum absolute atomic E-state index is 0.239. The van der Waals surface area contributed by atoms with E-state index >= 15 is 0 Å². The Morgan fingerprint density at radius 2 is 2.00 bits per heavy atom. The maximum absolute atomic E-state index is 11.4. The number of anilines is 1. The molecule has 5 heteroatoms. The van der Waals surface area contributed by atoms with Crippen LogP contribution < -0.4 is 16.0 Å². The van der Waals surface area contributed by atoms with Gasteiger partial charge in [-0.25, -0.2) is 0 Å². The molecule has 3 N–H and O–H groups in total. The Morgan fingerprint density at radius 3 is 2.61 bits per heavy atom. The van der Waals surface area contributed by atoms with Crippen molar-refractivity contribution in [3.63, 3.8) is 0 Å². The zero-order chi connectivity index (χ0) is 13.3. The van der Waals surface area contributed by atoms with Crippen LogP contribution in [0, 0.1) is 6.92 Å². The third-order valence-corrected chi connectivity index (χ3v) is 2.97. The summed E-state index contributed by atoms with van der Waals surface area (Å²) in [4.78, 5) is 13.9. The molecule has 0 spiro atoms. The molecule has 1 heterocycles. The summed E-state index contributed by atoms with van der Waals surface area (Å²) in [5.74, 6) is 0.930. The predicted octanol–water partition coefficient (Wildman–Crippen LogP) is 2.59. The third-order valence-electron chi connectivity index (χ3n) is 2.67. The van der Waals surface area contributed by atoms with Crippen LogP contribution in [0.3, 0.4) is 0 Å². The Hall–Kier alpha value is -1.94. The Morgan fingerprint density at radius 1 is 1.28 bits per heavy atom. The number of pyridine rings is 1. The lowest BCUT2D eigenvalue weighted by molar-refractivity contribution is 0.415. The smallest absolute Gasteiger partial charge is 0.250 e. The van der Waals surface area contributed by atoms with E-state index in [0.717, 1.165) is 16.7 Å². The molecule has 0 atom stereocenters. The van der Waals surface area contributed by atoms with Crippen LogP contribution in [0.25, 0.3) is 11.1 Å². The summed E-state index contributed by atoms with van der Waals surface area (Å²) in [5.41, 5.74) is 7.94. The summed E-state index contributed by atoms with van der Waals surface area (Å²) in [6.45, 7) is 1.92. The molecule has 94 valence electrons. The molecule has 0 bridgehead atoms. The van der Waals surface area contributed by atoms with Crippen LogP contribution in [-0.4, -0.2) is 12.1 Å². The minimum Gasteiger partial charge on any atom is -0.495 e. The van der Waals surface area contributed by atoms with Gasteiger partial charge in [0.15, 0.2) is 0 Å². The number of aryl methyl sites for hydroxylation is 1. The summed E-state index contributed by atoms with van der Waals surface area (Å²) < 4.78 is 5.14. The fourth-order valence-corrected chi connectivity index (χ4v) is 2.08. The van der Waals surface area contributed by atoms with Crippen LogP contribution in [-0.2, 0) is 0 Å². The number of nitrogens with two attached hydrogens (primary N) is 1. The molecule has 4 nitrogen and oxygen atoms in total. The molecule has 1 aromatic carbocycles. The number of halogens is 1. The van der Waals surface area contributed by atoms with Crippen LogP contribution >= 0.6 is 11.6 Å². The number of hydrogen-bond acceptors (Lipinski definition) is 3. The third kappa shape index (κ3) is 2.33. The van der Waals surface area contributed by atoms with Crippen molar-refractivity contribution in [1.82, 2.24) is 4.98 Å². The fraction of sp³-hybridized carbons (Fsp3) is 0.154. The Balaban J connectivity index is 2.64. The van der Waals surface area contributed by atoms with E-state index in [1.165, 1.54) is 6.07 Å². The molecule has 0 aliphatic heterocycles. The quantitative estimate of drug-likeness (QED) is 0.876. The summed E-state index contributed by atoms with van der Waals surface area (Å²) >= 11 is 6.09. The first kappa shape index (κ1) is 12.5. The molecule has 2 rings (SSSR count). The van der Waals surface area contributed by atoms with Crippen LogP contribution in [0.4, 0.5) is 5.82 Å². The van der Waals surface area contributed by atoms with E-state index < -0.39 is 0 Å². The Bertz CT molecular complexity index is 650. The van der Waals surface area contributed by atoms with E-state index in [9.17, 15) is 4.79 Å². The number of aromatic amines is 1. The number of methoxy groups -OCH3 is 1. The number of rotatable bonds is 2. The Kier molecular flexibility index (Phi) is 3.30. The van der Waals surface area contributed by atoms with E-state index in [4.69, 9.17) is 22.1 Å². The number of hydrogen-bond donors (Lipinski definition) is 2. The first-order valence-corrected chi connectivity index (χ1v) is 5.73. The van der Waals surface area contributed by atoms with E-state index in [1.54, 1.807) is 19.2 Å². The van der Waals surface area contributed by atoms with E-state index in [2.05, 4.69) is 4.98 Å². The van der Waals surface area contributed by atoms with Gasteiger partial charge < -0.3 is 15.5 Å². The van der Waals surface area contributed by atoms with Crippen LogP contribution in [0.15, 0.2) is 29.1 Å². The fourth-order valence-electron chi connectivity index (χ4n) is 1.84. The molecule has 0 aliphatic carbocycles. The molecular formula is C13H13ClN2O2. The number of nitrogen functional groups attached to an aromatic ring is 1. The molecular weight excluding hydrogens is 252 g/mol. The lowest BCUT2D eigenvalue weighted by atomic mass is 10.0. The number of H-pyrrole nitrogens is 1. The number of aromatic nitrogens is 1. The lowest BCUT2D eigenvalue weighted by Crippen LogP contribution is -2.07. The van der Waals surface area contributed by atoms with Gasteiger partial charge in [-0.3, -0.25) is 4.79 Å². The monoisotopic (exact) mass is 264 g/mol. The predicted molar refractivity (Wildman–Crippen MR) is 73.2 cm³/mol. The van der Waals surface area contributed by atoms with Gasteiger partial charge in [-0.2, -0.15) is 0 Å². The van der Waals surface area contributed by atoms with Gasteiger partial charge in [0.2, 0.25) is 5.56 Å². The highest BCUT2D eigenvalue weighted by molar-refractivity contribution is 6.32. The Labute approximate surface area is 109 Å². The van der Waals surface area contributed by atoms with Gasteiger partial charge in [0.1, 0.15) is 11.6 Å². The minimum atomic E-state index is -0.239. The highest BCUT2D eigenvalue weighted by Gasteiger charge is 2.09. The maximum Gasteiger partial charge on any atom is 0.250 e. The second-order valence-corrected chi connectivity index (χ2v) is 4.40. The van der Waals surface area contributed by atoms with Crippen molar-refractivity contribution < 1.29 is 4.74 Å². The molecule has 0 aliphatic rings. The first-order chi connectivity index (χ1) is 8.51. The highest BCUT2D eigenvalue weighted by Crippen LogP contribution is 2.33. The second-order valence-electron chi connectivity index (χ2n) is 3.99. The van der Waals surface area contributed by atoms with Crippen molar-refractivity contribution in [3.05, 3.63) is 45.2 Å². The number of benzene rings is 1. The van der Waals surface area contributed by atoms with E-state index in [-0.39, 0.29) is 5.56 Å². The topological polar surface area (TPSA) is 68.1 Å². The van der Waals surface area contributed by atoms with Crippen LogP contribution in [0.5, 0.6) is 5.75 Å². The normalized spacial score (nSPS) is 10.4. The molecule has 0 saturated carbocycles. The zero-order valence-corrected chi connectivity index (χ0v) is 10.8. The van der Waals surface area contributed by atoms with Crippen LogP contribution in [0.2, 0.25) is 5.02 Å². The lowest BCUT2D eigenvalue weighted by Gasteiger charge is -2.10. The van der Waals surface area contributed by atoms with E-state index in [1.807, 2.05) is 13.0 Å². The van der Waals surface area contributed by atoms with Gasteiger partial charge >= 0.3 is 0 Å². The SMILES string of the molecule is COc1cc(C)c(-c2cc(N)[nH]c(=O)c2)cc1Cl.